The molecule has 7 heteroatoms. The maximum absolute atomic E-state index is 13.0. The number of anilines is 1. The Labute approximate surface area is 154 Å². The van der Waals surface area contributed by atoms with E-state index in [1.807, 2.05) is 0 Å². The zero-order valence-electron chi connectivity index (χ0n) is 15.0. The Hall–Kier alpha value is -2.41. The van der Waals surface area contributed by atoms with Gasteiger partial charge in [-0.25, -0.2) is 8.42 Å². The summed E-state index contributed by atoms with van der Waals surface area (Å²) in [5.74, 6) is -0.245. The molecule has 0 bridgehead atoms. The molecule has 0 radical (unpaired) electrons. The molecular formula is C19H23N3O3S. The van der Waals surface area contributed by atoms with Crippen molar-refractivity contribution in [1.29, 1.82) is 0 Å². The first kappa shape index (κ1) is 18.4. The molecule has 1 aromatic heterocycles. The van der Waals surface area contributed by atoms with Crippen LogP contribution >= 0.6 is 0 Å². The predicted molar refractivity (Wildman–Crippen MR) is 100 cm³/mol. The number of sulfonamides is 1. The highest BCUT2D eigenvalue weighted by atomic mass is 32.2. The molecule has 1 aliphatic rings. The highest BCUT2D eigenvalue weighted by Crippen LogP contribution is 2.30. The number of rotatable bonds is 4. The highest BCUT2D eigenvalue weighted by Gasteiger charge is 2.32. The Morgan fingerprint density at radius 1 is 1.19 bits per heavy atom. The fourth-order valence-electron chi connectivity index (χ4n) is 3.28. The third-order valence-electron chi connectivity index (χ3n) is 4.51. The molecule has 2 aromatic rings. The Morgan fingerprint density at radius 2 is 1.96 bits per heavy atom. The Kier molecular flexibility index (Phi) is 5.00. The van der Waals surface area contributed by atoms with E-state index in [-0.39, 0.29) is 21.8 Å². The van der Waals surface area contributed by atoms with Gasteiger partial charge in [0.2, 0.25) is 0 Å². The fraction of sp³-hybridized carbons (Fsp3) is 0.368. The van der Waals surface area contributed by atoms with Crippen LogP contribution in [0.25, 0.3) is 0 Å². The lowest BCUT2D eigenvalue weighted by Gasteiger charge is -2.38. The zero-order valence-corrected chi connectivity index (χ0v) is 15.8. The average molecular weight is 373 g/mol. The number of carbonyl (C=O) groups is 1. The number of amides is 1. The average Bonchev–Trinajstić information content (AvgIpc) is 2.61. The van der Waals surface area contributed by atoms with Crippen LogP contribution in [0, 0.1) is 5.41 Å². The van der Waals surface area contributed by atoms with E-state index in [0.717, 1.165) is 12.8 Å². The molecule has 1 fully saturated rings. The molecule has 0 saturated carbocycles. The molecule has 1 aliphatic heterocycles. The minimum atomic E-state index is -3.89. The van der Waals surface area contributed by atoms with Crippen molar-refractivity contribution >= 4 is 21.6 Å². The molecule has 26 heavy (non-hydrogen) atoms. The lowest BCUT2D eigenvalue weighted by atomic mass is 9.84. The second-order valence-corrected chi connectivity index (χ2v) is 8.99. The van der Waals surface area contributed by atoms with Gasteiger partial charge >= 0.3 is 0 Å². The van der Waals surface area contributed by atoms with Gasteiger partial charge in [0.05, 0.1) is 17.4 Å². The van der Waals surface area contributed by atoms with Crippen LogP contribution in [0.3, 0.4) is 0 Å². The van der Waals surface area contributed by atoms with Crippen molar-refractivity contribution in [2.24, 2.45) is 5.41 Å². The van der Waals surface area contributed by atoms with Crippen LogP contribution in [0.5, 0.6) is 0 Å². The first-order valence-corrected chi connectivity index (χ1v) is 10.1. The third kappa shape index (κ3) is 4.04. The molecule has 0 aliphatic carbocycles. The number of benzene rings is 1. The van der Waals surface area contributed by atoms with Crippen molar-refractivity contribution in [1.82, 2.24) is 9.88 Å². The van der Waals surface area contributed by atoms with Crippen LogP contribution in [-0.4, -0.2) is 37.3 Å². The van der Waals surface area contributed by atoms with Gasteiger partial charge in [-0.1, -0.05) is 26.0 Å². The van der Waals surface area contributed by atoms with E-state index >= 15 is 0 Å². The summed E-state index contributed by atoms with van der Waals surface area (Å²) in [6.45, 7) is 5.51. The summed E-state index contributed by atoms with van der Waals surface area (Å²) in [6, 6.07) is 9.59. The fourth-order valence-corrected chi connectivity index (χ4v) is 4.52. The third-order valence-corrected chi connectivity index (χ3v) is 5.95. The lowest BCUT2D eigenvalue weighted by molar-refractivity contribution is 0.0579. The molecule has 2 heterocycles. The lowest BCUT2D eigenvalue weighted by Crippen LogP contribution is -2.44. The van der Waals surface area contributed by atoms with Gasteiger partial charge in [0.25, 0.3) is 15.9 Å². The summed E-state index contributed by atoms with van der Waals surface area (Å²) in [7, 11) is -3.89. The Bertz CT molecular complexity index is 895. The second-order valence-electron chi connectivity index (χ2n) is 7.34. The monoisotopic (exact) mass is 373 g/mol. The van der Waals surface area contributed by atoms with E-state index in [2.05, 4.69) is 23.6 Å². The minimum absolute atomic E-state index is 0.0165. The van der Waals surface area contributed by atoms with Crippen LogP contribution in [-0.2, 0) is 10.0 Å². The number of hydrogen-bond acceptors (Lipinski definition) is 4. The van der Waals surface area contributed by atoms with Crippen LogP contribution in [0.4, 0.5) is 5.69 Å². The molecule has 3 rings (SSSR count). The number of likely N-dealkylation sites (tertiary alicyclic amines) is 1. The largest absolute Gasteiger partial charge is 0.338 e. The van der Waals surface area contributed by atoms with E-state index in [1.54, 1.807) is 41.4 Å². The molecule has 0 spiro atoms. The zero-order chi connectivity index (χ0) is 18.8. The first-order chi connectivity index (χ1) is 12.3. The molecule has 1 aromatic carbocycles. The molecule has 138 valence electrons. The summed E-state index contributed by atoms with van der Waals surface area (Å²) in [4.78, 5) is 18.7. The predicted octanol–water partition coefficient (Wildman–Crippen LogP) is 3.14. The number of pyridine rings is 1. The van der Waals surface area contributed by atoms with Crippen molar-refractivity contribution < 1.29 is 13.2 Å². The quantitative estimate of drug-likeness (QED) is 0.893. The van der Waals surface area contributed by atoms with Crippen molar-refractivity contribution in [2.75, 3.05) is 17.8 Å². The van der Waals surface area contributed by atoms with E-state index < -0.39 is 10.0 Å². The van der Waals surface area contributed by atoms with Gasteiger partial charge in [-0.05, 0) is 42.5 Å². The van der Waals surface area contributed by atoms with Crippen LogP contribution in [0.2, 0.25) is 0 Å². The Morgan fingerprint density at radius 3 is 2.65 bits per heavy atom. The van der Waals surface area contributed by atoms with Gasteiger partial charge in [0, 0.05) is 19.3 Å². The molecular weight excluding hydrogens is 350 g/mol. The Balaban J connectivity index is 1.92. The molecule has 0 atom stereocenters. The van der Waals surface area contributed by atoms with Gasteiger partial charge in [0.15, 0.2) is 0 Å². The number of aromatic nitrogens is 1. The van der Waals surface area contributed by atoms with E-state index in [4.69, 9.17) is 0 Å². The SMILES string of the molecule is CC1(C)CCCN(C(=O)c2ccccc2S(=O)(=O)Nc2cccnc2)C1. The highest BCUT2D eigenvalue weighted by molar-refractivity contribution is 7.92. The van der Waals surface area contributed by atoms with Gasteiger partial charge in [-0.15, -0.1) is 0 Å². The number of hydrogen-bond donors (Lipinski definition) is 1. The van der Waals surface area contributed by atoms with E-state index in [0.29, 0.717) is 18.8 Å². The molecule has 0 unspecified atom stereocenters. The standard InChI is InChI=1S/C19H23N3O3S/c1-19(2)10-6-12-22(14-19)18(23)16-8-3-4-9-17(16)26(24,25)21-15-7-5-11-20-13-15/h3-5,7-9,11,13,21H,6,10,12,14H2,1-2H3. The molecule has 1 N–H and O–H groups in total. The minimum Gasteiger partial charge on any atom is -0.338 e. The van der Waals surface area contributed by atoms with Crippen molar-refractivity contribution in [3.8, 4) is 0 Å². The van der Waals surface area contributed by atoms with Crippen molar-refractivity contribution in [2.45, 2.75) is 31.6 Å². The second kappa shape index (κ2) is 7.07. The molecule has 6 nitrogen and oxygen atoms in total. The molecule has 1 amide bonds. The normalized spacial score (nSPS) is 16.9. The van der Waals surface area contributed by atoms with Crippen LogP contribution < -0.4 is 4.72 Å². The van der Waals surface area contributed by atoms with E-state index in [1.165, 1.54) is 12.3 Å². The number of carbonyl (C=O) groups excluding carboxylic acids is 1. The number of nitrogens with one attached hydrogen (secondary N) is 1. The smallest absolute Gasteiger partial charge is 0.262 e. The van der Waals surface area contributed by atoms with Crippen LogP contribution in [0.15, 0.2) is 53.7 Å². The number of piperidine rings is 1. The van der Waals surface area contributed by atoms with Gasteiger partial charge in [-0.2, -0.15) is 0 Å². The first-order valence-electron chi connectivity index (χ1n) is 8.60. The van der Waals surface area contributed by atoms with Crippen molar-refractivity contribution in [3.63, 3.8) is 0 Å². The van der Waals surface area contributed by atoms with Crippen molar-refractivity contribution in [3.05, 3.63) is 54.4 Å². The van der Waals surface area contributed by atoms with Gasteiger partial charge in [0.1, 0.15) is 4.90 Å². The van der Waals surface area contributed by atoms with Gasteiger partial charge in [-0.3, -0.25) is 14.5 Å². The molecule has 1 saturated heterocycles. The van der Waals surface area contributed by atoms with Crippen LogP contribution in [0.1, 0.15) is 37.0 Å². The summed E-state index contributed by atoms with van der Waals surface area (Å²) in [5.41, 5.74) is 0.589. The van der Waals surface area contributed by atoms with Gasteiger partial charge < -0.3 is 4.90 Å². The summed E-state index contributed by atoms with van der Waals surface area (Å²) >= 11 is 0. The number of nitrogens with zero attached hydrogens (tertiary/aromatic N) is 2. The summed E-state index contributed by atoms with van der Waals surface area (Å²) in [6.07, 6.45) is 4.96. The summed E-state index contributed by atoms with van der Waals surface area (Å²) < 4.78 is 28.1. The summed E-state index contributed by atoms with van der Waals surface area (Å²) in [5, 5.41) is 0. The maximum Gasteiger partial charge on any atom is 0.262 e. The topological polar surface area (TPSA) is 79.4 Å². The maximum atomic E-state index is 13.0. The van der Waals surface area contributed by atoms with E-state index in [9.17, 15) is 13.2 Å².